The van der Waals surface area contributed by atoms with Crippen molar-refractivity contribution in [1.29, 1.82) is 0 Å². The zero-order chi connectivity index (χ0) is 15.1. The van der Waals surface area contributed by atoms with Crippen LogP contribution in [-0.4, -0.2) is 19.3 Å². The SMILES string of the molecule is Cc1c(-c2ccc(OCC3CO3)cc2)oc2ccc(Cl)cc12. The molecule has 112 valence electrons. The van der Waals surface area contributed by atoms with Crippen molar-refractivity contribution in [1.82, 2.24) is 0 Å². The Morgan fingerprint density at radius 2 is 1.95 bits per heavy atom. The van der Waals surface area contributed by atoms with Gasteiger partial charge in [0.15, 0.2) is 0 Å². The maximum atomic E-state index is 6.06. The summed E-state index contributed by atoms with van der Waals surface area (Å²) in [6.07, 6.45) is 0.266. The smallest absolute Gasteiger partial charge is 0.138 e. The van der Waals surface area contributed by atoms with Crippen LogP contribution in [0.3, 0.4) is 0 Å². The predicted octanol–water partition coefficient (Wildman–Crippen LogP) is 4.84. The average Bonchev–Trinajstić information content (AvgIpc) is 3.31. The number of fused-ring (bicyclic) bond motifs is 1. The second-order valence-corrected chi connectivity index (χ2v) is 5.92. The summed E-state index contributed by atoms with van der Waals surface area (Å²) in [5, 5.41) is 1.77. The van der Waals surface area contributed by atoms with Crippen molar-refractivity contribution >= 4 is 22.6 Å². The van der Waals surface area contributed by atoms with Gasteiger partial charge in [-0.2, -0.15) is 0 Å². The van der Waals surface area contributed by atoms with E-state index < -0.39 is 0 Å². The predicted molar refractivity (Wildman–Crippen MR) is 86.6 cm³/mol. The van der Waals surface area contributed by atoms with E-state index in [9.17, 15) is 0 Å². The molecule has 3 aromatic rings. The highest BCUT2D eigenvalue weighted by atomic mass is 35.5. The molecule has 0 N–H and O–H groups in total. The van der Waals surface area contributed by atoms with Gasteiger partial charge in [0.1, 0.15) is 29.8 Å². The lowest BCUT2D eigenvalue weighted by Crippen LogP contribution is -2.03. The largest absolute Gasteiger partial charge is 0.491 e. The van der Waals surface area contributed by atoms with Crippen LogP contribution in [-0.2, 0) is 4.74 Å². The van der Waals surface area contributed by atoms with Gasteiger partial charge in [-0.1, -0.05) is 11.6 Å². The van der Waals surface area contributed by atoms with Gasteiger partial charge < -0.3 is 13.9 Å². The molecule has 1 aliphatic heterocycles. The van der Waals surface area contributed by atoms with Gasteiger partial charge in [0, 0.05) is 21.5 Å². The molecule has 4 rings (SSSR count). The lowest BCUT2D eigenvalue weighted by atomic mass is 10.1. The van der Waals surface area contributed by atoms with E-state index in [4.69, 9.17) is 25.5 Å². The molecular formula is C18H15ClO3. The topological polar surface area (TPSA) is 34.9 Å². The monoisotopic (exact) mass is 314 g/mol. The minimum atomic E-state index is 0.266. The van der Waals surface area contributed by atoms with Gasteiger partial charge in [-0.05, 0) is 49.4 Å². The van der Waals surface area contributed by atoms with E-state index in [2.05, 4.69) is 0 Å². The van der Waals surface area contributed by atoms with Crippen LogP contribution in [0.25, 0.3) is 22.3 Å². The van der Waals surface area contributed by atoms with Gasteiger partial charge in [0.2, 0.25) is 0 Å². The maximum Gasteiger partial charge on any atom is 0.138 e. The van der Waals surface area contributed by atoms with Gasteiger partial charge in [-0.25, -0.2) is 0 Å². The van der Waals surface area contributed by atoms with Gasteiger partial charge in [0.25, 0.3) is 0 Å². The van der Waals surface area contributed by atoms with Crippen LogP contribution in [0.2, 0.25) is 5.02 Å². The van der Waals surface area contributed by atoms with Crippen LogP contribution in [0, 0.1) is 6.92 Å². The fourth-order valence-corrected chi connectivity index (χ4v) is 2.70. The van der Waals surface area contributed by atoms with Gasteiger partial charge in [-0.3, -0.25) is 0 Å². The number of epoxide rings is 1. The number of furan rings is 1. The Kier molecular flexibility index (Phi) is 3.32. The summed E-state index contributed by atoms with van der Waals surface area (Å²) < 4.78 is 16.8. The Labute approximate surface area is 133 Å². The third-order valence-corrected chi connectivity index (χ3v) is 4.09. The van der Waals surface area contributed by atoms with Crippen LogP contribution in [0.1, 0.15) is 5.56 Å². The highest BCUT2D eigenvalue weighted by Crippen LogP contribution is 2.34. The van der Waals surface area contributed by atoms with E-state index in [1.807, 2.05) is 49.4 Å². The molecule has 22 heavy (non-hydrogen) atoms. The Balaban J connectivity index is 1.64. The number of hydrogen-bond acceptors (Lipinski definition) is 3. The van der Waals surface area contributed by atoms with E-state index in [0.29, 0.717) is 11.6 Å². The second-order valence-electron chi connectivity index (χ2n) is 5.49. The van der Waals surface area contributed by atoms with Gasteiger partial charge in [0.05, 0.1) is 6.61 Å². The fourth-order valence-electron chi connectivity index (χ4n) is 2.52. The zero-order valence-corrected chi connectivity index (χ0v) is 12.9. The van der Waals surface area contributed by atoms with Gasteiger partial charge in [-0.15, -0.1) is 0 Å². The first kappa shape index (κ1) is 13.7. The normalized spacial score (nSPS) is 16.9. The first-order valence-electron chi connectivity index (χ1n) is 7.24. The lowest BCUT2D eigenvalue weighted by Gasteiger charge is -2.05. The summed E-state index contributed by atoms with van der Waals surface area (Å²) in [6.45, 7) is 3.46. The van der Waals surface area contributed by atoms with Crippen molar-refractivity contribution in [3.05, 3.63) is 53.1 Å². The van der Waals surface area contributed by atoms with Crippen molar-refractivity contribution in [2.75, 3.05) is 13.2 Å². The molecule has 1 fully saturated rings. The second kappa shape index (κ2) is 5.34. The Hall–Kier alpha value is -1.97. The van der Waals surface area contributed by atoms with E-state index in [1.165, 1.54) is 0 Å². The third kappa shape index (κ3) is 2.58. The van der Waals surface area contributed by atoms with Gasteiger partial charge >= 0.3 is 0 Å². The van der Waals surface area contributed by atoms with Crippen LogP contribution >= 0.6 is 11.6 Å². The number of rotatable bonds is 4. The maximum absolute atomic E-state index is 6.06. The van der Waals surface area contributed by atoms with E-state index in [0.717, 1.165) is 40.2 Å². The Bertz CT molecular complexity index is 816. The van der Waals surface area contributed by atoms with Crippen LogP contribution < -0.4 is 4.74 Å². The quantitative estimate of drug-likeness (QED) is 0.646. The molecule has 1 aliphatic rings. The summed E-state index contributed by atoms with van der Waals surface area (Å²) in [7, 11) is 0. The molecule has 0 saturated carbocycles. The fraction of sp³-hybridized carbons (Fsp3) is 0.222. The Morgan fingerprint density at radius 3 is 2.68 bits per heavy atom. The molecular weight excluding hydrogens is 300 g/mol. The summed E-state index contributed by atoms with van der Waals surface area (Å²) in [5.74, 6) is 1.71. The van der Waals surface area contributed by atoms with E-state index in [-0.39, 0.29) is 6.10 Å². The van der Waals surface area contributed by atoms with Crippen LogP contribution in [0.15, 0.2) is 46.9 Å². The standard InChI is InChI=1S/C18H15ClO3/c1-11-16-8-13(19)4-7-17(16)22-18(11)12-2-5-14(6-3-12)20-9-15-10-21-15/h2-8,15H,9-10H2,1H3. The molecule has 1 atom stereocenters. The average molecular weight is 315 g/mol. The lowest BCUT2D eigenvalue weighted by molar-refractivity contribution is 0.263. The summed E-state index contributed by atoms with van der Waals surface area (Å²) in [4.78, 5) is 0. The van der Waals surface area contributed by atoms with Crippen molar-refractivity contribution in [3.8, 4) is 17.1 Å². The molecule has 0 spiro atoms. The zero-order valence-electron chi connectivity index (χ0n) is 12.1. The molecule has 0 bridgehead atoms. The van der Waals surface area contributed by atoms with E-state index >= 15 is 0 Å². The molecule has 1 aromatic heterocycles. The number of aryl methyl sites for hydroxylation is 1. The van der Waals surface area contributed by atoms with Crippen molar-refractivity contribution in [2.45, 2.75) is 13.0 Å². The highest BCUT2D eigenvalue weighted by molar-refractivity contribution is 6.31. The molecule has 0 aliphatic carbocycles. The summed E-state index contributed by atoms with van der Waals surface area (Å²) in [5.41, 5.74) is 2.97. The molecule has 1 saturated heterocycles. The first-order chi connectivity index (χ1) is 10.7. The van der Waals surface area contributed by atoms with Crippen molar-refractivity contribution in [2.24, 2.45) is 0 Å². The number of halogens is 1. The molecule has 2 heterocycles. The van der Waals surface area contributed by atoms with Crippen LogP contribution in [0.4, 0.5) is 0 Å². The minimum absolute atomic E-state index is 0.266. The van der Waals surface area contributed by atoms with Crippen molar-refractivity contribution < 1.29 is 13.9 Å². The molecule has 1 unspecified atom stereocenters. The number of hydrogen-bond donors (Lipinski definition) is 0. The molecule has 0 radical (unpaired) electrons. The van der Waals surface area contributed by atoms with Crippen molar-refractivity contribution in [3.63, 3.8) is 0 Å². The molecule has 4 heteroatoms. The summed E-state index contributed by atoms with van der Waals surface area (Å²) in [6, 6.07) is 13.6. The van der Waals surface area contributed by atoms with Crippen LogP contribution in [0.5, 0.6) is 5.75 Å². The molecule has 0 amide bonds. The first-order valence-corrected chi connectivity index (χ1v) is 7.62. The molecule has 2 aromatic carbocycles. The van der Waals surface area contributed by atoms with E-state index in [1.54, 1.807) is 0 Å². The Morgan fingerprint density at radius 1 is 1.18 bits per heavy atom. The highest BCUT2D eigenvalue weighted by Gasteiger charge is 2.23. The number of ether oxygens (including phenoxy) is 2. The third-order valence-electron chi connectivity index (χ3n) is 3.85. The summed E-state index contributed by atoms with van der Waals surface area (Å²) >= 11 is 6.06. The number of benzene rings is 2. The minimum Gasteiger partial charge on any atom is -0.491 e. The molecule has 3 nitrogen and oxygen atoms in total.